The molecule has 0 spiro atoms. The predicted molar refractivity (Wildman–Crippen MR) is 79.5 cm³/mol. The maximum absolute atomic E-state index is 11.5. The summed E-state index contributed by atoms with van der Waals surface area (Å²) in [5, 5.41) is 1.10. The van der Waals surface area contributed by atoms with Gasteiger partial charge in [-0.15, -0.1) is 0 Å². The third-order valence-corrected chi connectivity index (χ3v) is 4.02. The van der Waals surface area contributed by atoms with Gasteiger partial charge in [-0.2, -0.15) is 0 Å². The highest BCUT2D eigenvalue weighted by molar-refractivity contribution is 6.42. The molecule has 0 bridgehead atoms. The molecule has 0 radical (unpaired) electrons. The van der Waals surface area contributed by atoms with E-state index in [2.05, 4.69) is 4.57 Å². The van der Waals surface area contributed by atoms with Crippen LogP contribution in [0.5, 0.6) is 0 Å². The van der Waals surface area contributed by atoms with Gasteiger partial charge >= 0.3 is 0 Å². The number of nitrogens with zero attached hydrogens (tertiary/aromatic N) is 1. The smallest absolute Gasteiger partial charge is 0.161 e. The van der Waals surface area contributed by atoms with Crippen molar-refractivity contribution in [2.45, 2.75) is 27.3 Å². The third kappa shape index (κ3) is 2.85. The molecule has 0 saturated carbocycles. The molecule has 0 atom stereocenters. The van der Waals surface area contributed by atoms with E-state index in [4.69, 9.17) is 23.2 Å². The predicted octanol–water partition coefficient (Wildman–Crippen LogP) is 4.66. The van der Waals surface area contributed by atoms with Gasteiger partial charge in [0.2, 0.25) is 0 Å². The largest absolute Gasteiger partial charge is 0.344 e. The molecule has 0 aliphatic carbocycles. The van der Waals surface area contributed by atoms with Gasteiger partial charge in [-0.25, -0.2) is 0 Å². The lowest BCUT2D eigenvalue weighted by atomic mass is 10.2. The zero-order valence-corrected chi connectivity index (χ0v) is 12.6. The molecule has 1 aromatic carbocycles. The van der Waals surface area contributed by atoms with Crippen molar-refractivity contribution < 1.29 is 4.79 Å². The van der Waals surface area contributed by atoms with E-state index in [1.54, 1.807) is 13.0 Å². The van der Waals surface area contributed by atoms with Crippen molar-refractivity contribution in [2.24, 2.45) is 0 Å². The van der Waals surface area contributed by atoms with Crippen molar-refractivity contribution in [3.05, 3.63) is 56.8 Å². The fourth-order valence-corrected chi connectivity index (χ4v) is 2.54. The summed E-state index contributed by atoms with van der Waals surface area (Å²) in [4.78, 5) is 11.5. The number of carbonyl (C=O) groups is 1. The van der Waals surface area contributed by atoms with Crippen LogP contribution in [0.25, 0.3) is 0 Å². The lowest BCUT2D eigenvalue weighted by Gasteiger charge is -2.10. The Balaban J connectivity index is 2.38. The van der Waals surface area contributed by atoms with Crippen LogP contribution in [0.3, 0.4) is 0 Å². The van der Waals surface area contributed by atoms with Gasteiger partial charge in [0.05, 0.1) is 10.0 Å². The van der Waals surface area contributed by atoms with E-state index in [1.807, 2.05) is 32.0 Å². The van der Waals surface area contributed by atoms with Crippen LogP contribution in [0.2, 0.25) is 10.0 Å². The van der Waals surface area contributed by atoms with E-state index in [9.17, 15) is 4.79 Å². The van der Waals surface area contributed by atoms with Crippen molar-refractivity contribution in [1.82, 2.24) is 4.57 Å². The molecule has 1 heterocycles. The van der Waals surface area contributed by atoms with Crippen LogP contribution in [0.4, 0.5) is 0 Å². The van der Waals surface area contributed by atoms with Gasteiger partial charge in [0.15, 0.2) is 5.78 Å². The SMILES string of the molecule is CC(=O)c1cc(C)n(Cc2ccc(Cl)c(Cl)c2)c1C. The number of rotatable bonds is 3. The molecule has 0 aliphatic rings. The van der Waals surface area contributed by atoms with Crippen LogP contribution in [0.1, 0.15) is 34.2 Å². The maximum atomic E-state index is 11.5. The van der Waals surface area contributed by atoms with Crippen LogP contribution in [-0.4, -0.2) is 10.4 Å². The summed E-state index contributed by atoms with van der Waals surface area (Å²) < 4.78 is 2.11. The molecule has 2 nitrogen and oxygen atoms in total. The molecule has 0 unspecified atom stereocenters. The molecular weight excluding hydrogens is 281 g/mol. The molecule has 2 rings (SSSR count). The van der Waals surface area contributed by atoms with Gasteiger partial charge in [-0.3, -0.25) is 4.79 Å². The minimum atomic E-state index is 0.0912. The Morgan fingerprint density at radius 1 is 1.16 bits per heavy atom. The molecule has 0 saturated heterocycles. The molecule has 100 valence electrons. The molecular formula is C15H15Cl2NO. The first kappa shape index (κ1) is 14.2. The van der Waals surface area contributed by atoms with Gasteiger partial charge in [0, 0.05) is 23.5 Å². The monoisotopic (exact) mass is 295 g/mol. The van der Waals surface area contributed by atoms with Crippen LogP contribution < -0.4 is 0 Å². The molecule has 0 amide bonds. The molecule has 0 fully saturated rings. The first-order chi connectivity index (χ1) is 8.90. The Bertz CT molecular complexity index is 644. The standard InChI is InChI=1S/C15H15Cl2NO/c1-9-6-13(11(3)19)10(2)18(9)8-12-4-5-14(16)15(17)7-12/h4-7H,8H2,1-3H3. The highest BCUT2D eigenvalue weighted by Gasteiger charge is 2.12. The molecule has 0 N–H and O–H groups in total. The Hall–Kier alpha value is -1.25. The number of carbonyl (C=O) groups excluding carboxylic acids is 1. The second kappa shape index (κ2) is 5.40. The number of aryl methyl sites for hydroxylation is 1. The van der Waals surface area contributed by atoms with Gasteiger partial charge in [0.1, 0.15) is 0 Å². The van der Waals surface area contributed by atoms with Crippen molar-refractivity contribution in [3.8, 4) is 0 Å². The first-order valence-corrected chi connectivity index (χ1v) is 6.77. The Kier molecular flexibility index (Phi) is 4.02. The lowest BCUT2D eigenvalue weighted by Crippen LogP contribution is -2.05. The molecule has 19 heavy (non-hydrogen) atoms. The minimum absolute atomic E-state index is 0.0912. The van der Waals surface area contributed by atoms with Crippen LogP contribution in [-0.2, 0) is 6.54 Å². The van der Waals surface area contributed by atoms with Gasteiger partial charge < -0.3 is 4.57 Å². The Morgan fingerprint density at radius 2 is 1.84 bits per heavy atom. The van der Waals surface area contributed by atoms with Crippen molar-refractivity contribution in [1.29, 1.82) is 0 Å². The third-order valence-electron chi connectivity index (χ3n) is 3.28. The lowest BCUT2D eigenvalue weighted by molar-refractivity contribution is 0.101. The van der Waals surface area contributed by atoms with E-state index in [0.29, 0.717) is 16.6 Å². The summed E-state index contributed by atoms with van der Waals surface area (Å²) in [6.45, 7) is 6.23. The molecule has 0 aliphatic heterocycles. The molecule has 1 aromatic heterocycles. The number of hydrogen-bond acceptors (Lipinski definition) is 1. The second-order valence-electron chi connectivity index (χ2n) is 4.68. The fraction of sp³-hybridized carbons (Fsp3) is 0.267. The van der Waals surface area contributed by atoms with Crippen LogP contribution in [0, 0.1) is 13.8 Å². The maximum Gasteiger partial charge on any atom is 0.161 e. The summed E-state index contributed by atoms with van der Waals surface area (Å²) in [6, 6.07) is 7.52. The summed E-state index contributed by atoms with van der Waals surface area (Å²) in [7, 11) is 0. The average Bonchev–Trinajstić information content (AvgIpc) is 2.62. The number of Topliss-reactive ketones (excluding diaryl/α,β-unsaturated/α-hetero) is 1. The summed E-state index contributed by atoms with van der Waals surface area (Å²) in [5.74, 6) is 0.0912. The van der Waals surface area contributed by atoms with Crippen molar-refractivity contribution in [2.75, 3.05) is 0 Å². The van der Waals surface area contributed by atoms with Gasteiger partial charge in [0.25, 0.3) is 0 Å². The van der Waals surface area contributed by atoms with Crippen LogP contribution in [0.15, 0.2) is 24.3 Å². The quantitative estimate of drug-likeness (QED) is 0.755. The number of hydrogen-bond donors (Lipinski definition) is 0. The highest BCUT2D eigenvalue weighted by atomic mass is 35.5. The van der Waals surface area contributed by atoms with E-state index in [0.717, 1.165) is 22.5 Å². The second-order valence-corrected chi connectivity index (χ2v) is 5.49. The molecule has 4 heteroatoms. The van der Waals surface area contributed by atoms with Crippen molar-refractivity contribution >= 4 is 29.0 Å². The highest BCUT2D eigenvalue weighted by Crippen LogP contribution is 2.24. The average molecular weight is 296 g/mol. The van der Waals surface area contributed by atoms with E-state index in [1.165, 1.54) is 0 Å². The number of halogens is 2. The van der Waals surface area contributed by atoms with Crippen LogP contribution >= 0.6 is 23.2 Å². The van der Waals surface area contributed by atoms with E-state index >= 15 is 0 Å². The van der Waals surface area contributed by atoms with E-state index < -0.39 is 0 Å². The fourth-order valence-electron chi connectivity index (χ4n) is 2.22. The van der Waals surface area contributed by atoms with Crippen molar-refractivity contribution in [3.63, 3.8) is 0 Å². The molecule has 2 aromatic rings. The van der Waals surface area contributed by atoms with Gasteiger partial charge in [-0.05, 0) is 44.5 Å². The van der Waals surface area contributed by atoms with E-state index in [-0.39, 0.29) is 5.78 Å². The zero-order valence-electron chi connectivity index (χ0n) is 11.1. The number of ketones is 1. The zero-order chi connectivity index (χ0) is 14.2. The summed E-state index contributed by atoms with van der Waals surface area (Å²) in [6.07, 6.45) is 0. The minimum Gasteiger partial charge on any atom is -0.344 e. The Morgan fingerprint density at radius 3 is 2.37 bits per heavy atom. The topological polar surface area (TPSA) is 22.0 Å². The Labute approximate surface area is 123 Å². The summed E-state index contributed by atoms with van der Waals surface area (Å²) >= 11 is 11.9. The van der Waals surface area contributed by atoms with Gasteiger partial charge in [-0.1, -0.05) is 29.3 Å². The first-order valence-electron chi connectivity index (χ1n) is 6.01. The number of aromatic nitrogens is 1. The summed E-state index contributed by atoms with van der Waals surface area (Å²) in [5.41, 5.74) is 3.88. The number of benzene rings is 1. The normalized spacial score (nSPS) is 10.8.